The number of hydrazone groups is 1. The largest absolute Gasteiger partial charge is 0.464 e. The third-order valence-electron chi connectivity index (χ3n) is 4.86. The van der Waals surface area contributed by atoms with E-state index in [-0.39, 0.29) is 12.3 Å². The first-order chi connectivity index (χ1) is 12.7. The Kier molecular flexibility index (Phi) is 3.64. The van der Waals surface area contributed by atoms with Crippen LogP contribution in [0.25, 0.3) is 0 Å². The van der Waals surface area contributed by atoms with Crippen LogP contribution in [-0.4, -0.2) is 10.7 Å². The van der Waals surface area contributed by atoms with Crippen molar-refractivity contribution in [2.45, 2.75) is 25.6 Å². The molecule has 1 aromatic heterocycles. The van der Waals surface area contributed by atoms with Gasteiger partial charge in [0.15, 0.2) is 0 Å². The number of rotatable bonds is 2. The molecule has 0 saturated carbocycles. The smallest absolute Gasteiger partial charge is 0.213 e. The van der Waals surface area contributed by atoms with Gasteiger partial charge in [0.1, 0.15) is 23.0 Å². The molecule has 2 aliphatic heterocycles. The summed E-state index contributed by atoms with van der Waals surface area (Å²) >= 11 is 3.58. The second-order valence-electron chi connectivity index (χ2n) is 6.62. The van der Waals surface area contributed by atoms with E-state index >= 15 is 0 Å². The van der Waals surface area contributed by atoms with Crippen LogP contribution in [0.5, 0.6) is 5.75 Å². The molecule has 0 unspecified atom stereocenters. The fourth-order valence-electron chi connectivity index (χ4n) is 3.63. The van der Waals surface area contributed by atoms with Crippen LogP contribution in [0.15, 0.2) is 74.7 Å². The minimum atomic E-state index is -0.247. The molecule has 130 valence electrons. The number of nitrogens with zero attached hydrogens (tertiary/aromatic N) is 2. The number of aryl methyl sites for hydroxylation is 1. The molecule has 5 rings (SSSR count). The van der Waals surface area contributed by atoms with E-state index in [0.29, 0.717) is 0 Å². The summed E-state index contributed by atoms with van der Waals surface area (Å²) < 4.78 is 13.2. The van der Waals surface area contributed by atoms with E-state index in [1.54, 1.807) is 0 Å². The Morgan fingerprint density at radius 2 is 1.92 bits per heavy atom. The molecule has 0 spiro atoms. The molecule has 2 atom stereocenters. The molecular formula is C21H17BrN2O2. The normalized spacial score (nSPS) is 21.0. The molecule has 0 amide bonds. The van der Waals surface area contributed by atoms with Crippen LogP contribution in [0.1, 0.15) is 41.3 Å². The van der Waals surface area contributed by atoms with Crippen molar-refractivity contribution in [3.63, 3.8) is 0 Å². The Labute approximate surface area is 160 Å². The molecule has 0 bridgehead atoms. The van der Waals surface area contributed by atoms with Gasteiger partial charge in [-0.1, -0.05) is 46.3 Å². The maximum atomic E-state index is 6.34. The van der Waals surface area contributed by atoms with Gasteiger partial charge in [-0.15, -0.1) is 0 Å². The zero-order valence-electron chi connectivity index (χ0n) is 14.2. The van der Waals surface area contributed by atoms with Crippen LogP contribution in [0.4, 0.5) is 0 Å². The van der Waals surface area contributed by atoms with E-state index in [1.807, 2.05) is 49.4 Å². The standard InChI is InChI=1S/C21H17BrN2O2/c1-13-7-9-20(25-13)17-12-18-16-11-15(22)8-10-19(16)26-21(24(18)23-17)14-5-3-2-4-6-14/h2-11,18,21H,12H2,1H3/t18-,21+/m1/s1. The van der Waals surface area contributed by atoms with Crippen LogP contribution >= 0.6 is 15.9 Å². The van der Waals surface area contributed by atoms with Crippen LogP contribution < -0.4 is 4.74 Å². The quantitative estimate of drug-likeness (QED) is 0.554. The Morgan fingerprint density at radius 3 is 2.69 bits per heavy atom. The molecule has 0 N–H and O–H groups in total. The highest BCUT2D eigenvalue weighted by Gasteiger charge is 2.41. The van der Waals surface area contributed by atoms with Gasteiger partial charge in [0.05, 0.1) is 6.04 Å². The van der Waals surface area contributed by atoms with Crippen LogP contribution in [-0.2, 0) is 0 Å². The lowest BCUT2D eigenvalue weighted by Gasteiger charge is -2.38. The molecule has 5 heteroatoms. The fourth-order valence-corrected chi connectivity index (χ4v) is 4.01. The predicted octanol–water partition coefficient (Wildman–Crippen LogP) is 5.59. The Morgan fingerprint density at radius 1 is 1.08 bits per heavy atom. The molecule has 0 fully saturated rings. The van der Waals surface area contributed by atoms with Crippen molar-refractivity contribution in [3.05, 3.63) is 87.8 Å². The zero-order valence-corrected chi connectivity index (χ0v) is 15.8. The number of fused-ring (bicyclic) bond motifs is 3. The highest BCUT2D eigenvalue weighted by molar-refractivity contribution is 9.10. The first-order valence-electron chi connectivity index (χ1n) is 8.63. The average molecular weight is 409 g/mol. The van der Waals surface area contributed by atoms with Crippen molar-refractivity contribution in [1.29, 1.82) is 0 Å². The topological polar surface area (TPSA) is 38.0 Å². The van der Waals surface area contributed by atoms with Crippen molar-refractivity contribution in [2.24, 2.45) is 5.10 Å². The molecule has 3 heterocycles. The minimum Gasteiger partial charge on any atom is -0.464 e. The lowest BCUT2D eigenvalue weighted by atomic mass is 9.97. The predicted molar refractivity (Wildman–Crippen MR) is 103 cm³/mol. The van der Waals surface area contributed by atoms with E-state index < -0.39 is 0 Å². The SMILES string of the molecule is Cc1ccc(C2=NN3[C@H](C2)c2cc(Br)ccc2O[C@H]3c2ccccc2)o1. The van der Waals surface area contributed by atoms with Gasteiger partial charge in [-0.2, -0.15) is 5.10 Å². The first-order valence-corrected chi connectivity index (χ1v) is 9.42. The third kappa shape index (κ3) is 2.54. The van der Waals surface area contributed by atoms with Crippen molar-refractivity contribution in [1.82, 2.24) is 5.01 Å². The molecule has 3 aromatic rings. The molecular weight excluding hydrogens is 392 g/mol. The summed E-state index contributed by atoms with van der Waals surface area (Å²) in [7, 11) is 0. The molecule has 2 aliphatic rings. The van der Waals surface area contributed by atoms with Crippen LogP contribution in [0, 0.1) is 6.92 Å². The number of hydrogen-bond donors (Lipinski definition) is 0. The van der Waals surface area contributed by atoms with Gasteiger partial charge < -0.3 is 9.15 Å². The van der Waals surface area contributed by atoms with E-state index in [9.17, 15) is 0 Å². The number of halogens is 1. The van der Waals surface area contributed by atoms with Crippen LogP contribution in [0.2, 0.25) is 0 Å². The molecule has 2 aromatic carbocycles. The van der Waals surface area contributed by atoms with Gasteiger partial charge in [-0.25, -0.2) is 5.01 Å². The van der Waals surface area contributed by atoms with Crippen molar-refractivity contribution in [3.8, 4) is 5.75 Å². The average Bonchev–Trinajstić information content (AvgIpc) is 3.28. The summed E-state index contributed by atoms with van der Waals surface area (Å²) in [5, 5.41) is 6.96. The summed E-state index contributed by atoms with van der Waals surface area (Å²) in [4.78, 5) is 0. The number of hydrogen-bond acceptors (Lipinski definition) is 4. The first kappa shape index (κ1) is 15.7. The summed E-state index contributed by atoms with van der Waals surface area (Å²) in [6.45, 7) is 1.95. The Balaban J connectivity index is 1.61. The van der Waals surface area contributed by atoms with Gasteiger partial charge in [-0.05, 0) is 37.3 Å². The zero-order chi connectivity index (χ0) is 17.7. The monoisotopic (exact) mass is 408 g/mol. The number of furan rings is 1. The number of ether oxygens (including phenoxy) is 1. The fraction of sp³-hybridized carbons (Fsp3) is 0.190. The van der Waals surface area contributed by atoms with Gasteiger partial charge in [-0.3, -0.25) is 0 Å². The second-order valence-corrected chi connectivity index (χ2v) is 7.54. The minimum absolute atomic E-state index is 0.127. The van der Waals surface area contributed by atoms with Gasteiger partial charge >= 0.3 is 0 Å². The molecule has 0 radical (unpaired) electrons. The van der Waals surface area contributed by atoms with Crippen LogP contribution in [0.3, 0.4) is 0 Å². The van der Waals surface area contributed by atoms with Gasteiger partial charge in [0.25, 0.3) is 0 Å². The molecule has 26 heavy (non-hydrogen) atoms. The second kappa shape index (κ2) is 6.02. The van der Waals surface area contributed by atoms with Crippen molar-refractivity contribution >= 4 is 21.6 Å². The number of benzene rings is 2. The highest BCUT2D eigenvalue weighted by Crippen LogP contribution is 2.48. The van der Waals surface area contributed by atoms with Gasteiger partial charge in [0, 0.05) is 22.0 Å². The third-order valence-corrected chi connectivity index (χ3v) is 5.35. The maximum Gasteiger partial charge on any atom is 0.213 e. The van der Waals surface area contributed by atoms with Crippen molar-refractivity contribution in [2.75, 3.05) is 0 Å². The Hall–Kier alpha value is -2.53. The molecule has 0 saturated heterocycles. The van der Waals surface area contributed by atoms with E-state index in [0.717, 1.165) is 45.0 Å². The van der Waals surface area contributed by atoms with E-state index in [4.69, 9.17) is 14.3 Å². The Bertz CT molecular complexity index is 996. The van der Waals surface area contributed by atoms with Crippen molar-refractivity contribution < 1.29 is 9.15 Å². The summed E-state index contributed by atoms with van der Waals surface area (Å²) in [5.74, 6) is 2.64. The highest BCUT2D eigenvalue weighted by atomic mass is 79.9. The van der Waals surface area contributed by atoms with E-state index in [2.05, 4.69) is 39.1 Å². The van der Waals surface area contributed by atoms with Gasteiger partial charge in [0.2, 0.25) is 6.23 Å². The lowest BCUT2D eigenvalue weighted by Crippen LogP contribution is -2.33. The van der Waals surface area contributed by atoms with E-state index in [1.165, 1.54) is 0 Å². The summed E-state index contributed by atoms with van der Waals surface area (Å²) in [5.41, 5.74) is 3.20. The lowest BCUT2D eigenvalue weighted by molar-refractivity contribution is -0.0190. The molecule has 4 nitrogen and oxygen atoms in total. The summed E-state index contributed by atoms with van der Waals surface area (Å²) in [6.07, 6.45) is 0.548. The maximum absolute atomic E-state index is 6.34. The molecule has 0 aliphatic carbocycles. The summed E-state index contributed by atoms with van der Waals surface area (Å²) in [6, 6.07) is 20.5.